The molecule has 0 radical (unpaired) electrons. The van der Waals surface area contributed by atoms with Crippen LogP contribution in [0.3, 0.4) is 0 Å². The lowest BCUT2D eigenvalue weighted by molar-refractivity contribution is 0.214. The second kappa shape index (κ2) is 8.11. The van der Waals surface area contributed by atoms with Crippen molar-refractivity contribution in [3.8, 4) is 5.75 Å². The minimum Gasteiger partial charge on any atom is -0.494 e. The third-order valence-corrected chi connectivity index (χ3v) is 3.43. The summed E-state index contributed by atoms with van der Waals surface area (Å²) >= 11 is 0. The molecule has 0 aromatic heterocycles. The van der Waals surface area contributed by atoms with Gasteiger partial charge in [-0.2, -0.15) is 0 Å². The third kappa shape index (κ3) is 4.67. The number of rotatable bonds is 8. The van der Waals surface area contributed by atoms with E-state index < -0.39 is 0 Å². The van der Waals surface area contributed by atoms with Gasteiger partial charge >= 0.3 is 0 Å². The summed E-state index contributed by atoms with van der Waals surface area (Å²) in [7, 11) is 1.85. The highest BCUT2D eigenvalue weighted by Crippen LogP contribution is 2.21. The average Bonchev–Trinajstić information content (AvgIpc) is 2.43. The van der Waals surface area contributed by atoms with Crippen molar-refractivity contribution in [2.45, 2.75) is 38.6 Å². The molecule has 1 rings (SSSR count). The van der Waals surface area contributed by atoms with Gasteiger partial charge in [-0.3, -0.25) is 0 Å². The maximum absolute atomic E-state index is 9.03. The fourth-order valence-corrected chi connectivity index (χ4v) is 1.77. The number of benzene rings is 1. The minimum atomic E-state index is 0.115. The zero-order chi connectivity index (χ0) is 13.4. The molecule has 0 heterocycles. The Balaban J connectivity index is 2.39. The van der Waals surface area contributed by atoms with E-state index in [1.807, 2.05) is 19.2 Å². The maximum atomic E-state index is 9.03. The summed E-state index contributed by atoms with van der Waals surface area (Å²) in [5.41, 5.74) is 1.35. The van der Waals surface area contributed by atoms with Gasteiger partial charge in [0.2, 0.25) is 0 Å². The summed E-state index contributed by atoms with van der Waals surface area (Å²) in [4.78, 5) is 0. The first-order chi connectivity index (χ1) is 8.71. The minimum absolute atomic E-state index is 0.115. The highest BCUT2D eigenvalue weighted by Gasteiger charge is 2.05. The van der Waals surface area contributed by atoms with Gasteiger partial charge in [0.25, 0.3) is 0 Å². The van der Waals surface area contributed by atoms with Crippen LogP contribution in [0, 0.1) is 0 Å². The van der Waals surface area contributed by atoms with Gasteiger partial charge in [-0.05, 0) is 43.5 Å². The standard InChI is InChI=1S/C15H25NO2/c1-4-12(2)13-5-7-15(8-6-13)18-10-9-14(11-17)16-3/h5-8,12,14,16-17H,4,9-11H2,1-3H3. The van der Waals surface area contributed by atoms with Crippen LogP contribution in [0.1, 0.15) is 38.2 Å². The van der Waals surface area contributed by atoms with E-state index in [4.69, 9.17) is 9.84 Å². The lowest BCUT2D eigenvalue weighted by Crippen LogP contribution is -2.30. The lowest BCUT2D eigenvalue weighted by Gasteiger charge is -2.14. The van der Waals surface area contributed by atoms with Crippen molar-refractivity contribution in [1.29, 1.82) is 0 Å². The molecule has 2 unspecified atom stereocenters. The van der Waals surface area contributed by atoms with Crippen LogP contribution >= 0.6 is 0 Å². The third-order valence-electron chi connectivity index (χ3n) is 3.43. The van der Waals surface area contributed by atoms with Crippen molar-refractivity contribution < 1.29 is 9.84 Å². The van der Waals surface area contributed by atoms with Crippen LogP contribution in [0.4, 0.5) is 0 Å². The smallest absolute Gasteiger partial charge is 0.119 e. The fraction of sp³-hybridized carbons (Fsp3) is 0.600. The van der Waals surface area contributed by atoms with Gasteiger partial charge in [-0.25, -0.2) is 0 Å². The van der Waals surface area contributed by atoms with E-state index in [0.717, 1.165) is 18.6 Å². The first-order valence-corrected chi connectivity index (χ1v) is 6.72. The summed E-state index contributed by atoms with van der Waals surface area (Å²) in [6.07, 6.45) is 1.96. The summed E-state index contributed by atoms with van der Waals surface area (Å²) in [6.45, 7) is 5.19. The Morgan fingerprint density at radius 3 is 2.44 bits per heavy atom. The molecule has 2 N–H and O–H groups in total. The van der Waals surface area contributed by atoms with Crippen LogP contribution in [-0.2, 0) is 0 Å². The molecule has 102 valence electrons. The van der Waals surface area contributed by atoms with Gasteiger partial charge in [0.15, 0.2) is 0 Å². The van der Waals surface area contributed by atoms with Crippen molar-refractivity contribution in [1.82, 2.24) is 5.32 Å². The molecule has 18 heavy (non-hydrogen) atoms. The molecule has 3 nitrogen and oxygen atoms in total. The molecule has 0 amide bonds. The molecule has 0 fully saturated rings. The normalized spacial score (nSPS) is 14.2. The Kier molecular flexibility index (Phi) is 6.76. The van der Waals surface area contributed by atoms with E-state index in [1.165, 1.54) is 5.56 Å². The van der Waals surface area contributed by atoms with E-state index in [1.54, 1.807) is 0 Å². The van der Waals surface area contributed by atoms with Gasteiger partial charge in [0.05, 0.1) is 13.2 Å². The summed E-state index contributed by atoms with van der Waals surface area (Å²) in [5, 5.41) is 12.1. The Hall–Kier alpha value is -1.06. The molecule has 0 spiro atoms. The lowest BCUT2D eigenvalue weighted by atomic mass is 9.99. The van der Waals surface area contributed by atoms with Gasteiger partial charge in [0.1, 0.15) is 5.75 Å². The molecule has 2 atom stereocenters. The predicted octanol–water partition coefficient (Wildman–Crippen LogP) is 2.55. The van der Waals surface area contributed by atoms with Gasteiger partial charge in [-0.15, -0.1) is 0 Å². The number of nitrogens with one attached hydrogen (secondary N) is 1. The zero-order valence-electron chi connectivity index (χ0n) is 11.6. The first-order valence-electron chi connectivity index (χ1n) is 6.72. The predicted molar refractivity (Wildman–Crippen MR) is 75.2 cm³/mol. The number of ether oxygens (including phenoxy) is 1. The summed E-state index contributed by atoms with van der Waals surface area (Å²) in [6, 6.07) is 8.42. The maximum Gasteiger partial charge on any atom is 0.119 e. The van der Waals surface area contributed by atoms with Crippen molar-refractivity contribution in [3.63, 3.8) is 0 Å². The Morgan fingerprint density at radius 1 is 1.28 bits per heavy atom. The molecule has 0 aliphatic carbocycles. The largest absolute Gasteiger partial charge is 0.494 e. The van der Waals surface area contributed by atoms with E-state index in [-0.39, 0.29) is 12.6 Å². The molecular weight excluding hydrogens is 226 g/mol. The molecule has 1 aromatic carbocycles. The molecule has 3 heteroatoms. The Bertz CT molecular complexity index is 320. The van der Waals surface area contributed by atoms with Crippen LogP contribution in [0.2, 0.25) is 0 Å². The summed E-state index contributed by atoms with van der Waals surface area (Å²) in [5.74, 6) is 1.50. The molecular formula is C15H25NO2. The molecule has 0 saturated carbocycles. The van der Waals surface area contributed by atoms with E-state index in [0.29, 0.717) is 12.5 Å². The molecule has 0 aliphatic heterocycles. The van der Waals surface area contributed by atoms with Crippen molar-refractivity contribution in [3.05, 3.63) is 29.8 Å². The molecule has 0 aliphatic rings. The van der Waals surface area contributed by atoms with Crippen LogP contribution in [-0.4, -0.2) is 31.4 Å². The van der Waals surface area contributed by atoms with Crippen LogP contribution in [0.15, 0.2) is 24.3 Å². The number of aliphatic hydroxyl groups excluding tert-OH is 1. The van der Waals surface area contributed by atoms with Crippen molar-refractivity contribution in [2.75, 3.05) is 20.3 Å². The van der Waals surface area contributed by atoms with Gasteiger partial charge in [-0.1, -0.05) is 26.0 Å². The van der Waals surface area contributed by atoms with Crippen LogP contribution < -0.4 is 10.1 Å². The first kappa shape index (κ1) is 15.0. The van der Waals surface area contributed by atoms with E-state index in [2.05, 4.69) is 31.3 Å². The average molecular weight is 251 g/mol. The van der Waals surface area contributed by atoms with Crippen molar-refractivity contribution >= 4 is 0 Å². The second-order valence-corrected chi connectivity index (χ2v) is 4.68. The van der Waals surface area contributed by atoms with Crippen molar-refractivity contribution in [2.24, 2.45) is 0 Å². The Labute approximate surface area is 110 Å². The van der Waals surface area contributed by atoms with E-state index >= 15 is 0 Å². The number of likely N-dealkylation sites (N-methyl/N-ethyl adjacent to an activating group) is 1. The summed E-state index contributed by atoms with van der Waals surface area (Å²) < 4.78 is 5.66. The van der Waals surface area contributed by atoms with Gasteiger partial charge < -0.3 is 15.2 Å². The quantitative estimate of drug-likeness (QED) is 0.746. The number of hydrogen-bond acceptors (Lipinski definition) is 3. The van der Waals surface area contributed by atoms with Crippen LogP contribution in [0.25, 0.3) is 0 Å². The highest BCUT2D eigenvalue weighted by molar-refractivity contribution is 5.29. The number of hydrogen-bond donors (Lipinski definition) is 2. The number of aliphatic hydroxyl groups is 1. The van der Waals surface area contributed by atoms with Gasteiger partial charge in [0, 0.05) is 6.04 Å². The van der Waals surface area contributed by atoms with E-state index in [9.17, 15) is 0 Å². The molecule has 0 bridgehead atoms. The monoisotopic (exact) mass is 251 g/mol. The fourth-order valence-electron chi connectivity index (χ4n) is 1.77. The van der Waals surface area contributed by atoms with Crippen LogP contribution in [0.5, 0.6) is 5.75 Å². The highest BCUT2D eigenvalue weighted by atomic mass is 16.5. The molecule has 0 saturated heterocycles. The molecule has 1 aromatic rings. The topological polar surface area (TPSA) is 41.5 Å². The SMILES string of the molecule is CCC(C)c1ccc(OCCC(CO)NC)cc1. The zero-order valence-corrected chi connectivity index (χ0v) is 11.6. The Morgan fingerprint density at radius 2 is 1.94 bits per heavy atom. The second-order valence-electron chi connectivity index (χ2n) is 4.68.